The Morgan fingerprint density at radius 3 is 2.60 bits per heavy atom. The summed E-state index contributed by atoms with van der Waals surface area (Å²) in [6.07, 6.45) is 0. The lowest BCUT2D eigenvalue weighted by molar-refractivity contribution is 0.569. The number of nitrogens with one attached hydrogen (secondary N) is 1. The summed E-state index contributed by atoms with van der Waals surface area (Å²) in [5.41, 5.74) is 7.87. The Labute approximate surface area is 127 Å². The van der Waals surface area contributed by atoms with Crippen LogP contribution in [0.4, 0.5) is 5.69 Å². The molecule has 0 aliphatic carbocycles. The van der Waals surface area contributed by atoms with Gasteiger partial charge in [-0.3, -0.25) is 0 Å². The molecule has 1 atom stereocenters. The van der Waals surface area contributed by atoms with E-state index < -0.39 is 10.0 Å². The fraction of sp³-hybridized carbons (Fsp3) is 0.231. The number of nitrogen functional groups attached to an aromatic ring is 1. The zero-order chi connectivity index (χ0) is 14.9. The van der Waals surface area contributed by atoms with Gasteiger partial charge in [-0.05, 0) is 43.2 Å². The van der Waals surface area contributed by atoms with E-state index in [0.717, 1.165) is 22.5 Å². The predicted molar refractivity (Wildman–Crippen MR) is 83.7 cm³/mol. The summed E-state index contributed by atoms with van der Waals surface area (Å²) in [6.45, 7) is 3.55. The van der Waals surface area contributed by atoms with Gasteiger partial charge >= 0.3 is 0 Å². The monoisotopic (exact) mass is 330 g/mol. The zero-order valence-electron chi connectivity index (χ0n) is 11.1. The minimum atomic E-state index is -3.58. The van der Waals surface area contributed by atoms with Crippen LogP contribution in [-0.4, -0.2) is 8.42 Å². The van der Waals surface area contributed by atoms with Crippen molar-refractivity contribution >= 4 is 38.6 Å². The fourth-order valence-electron chi connectivity index (χ4n) is 1.75. The molecule has 1 aromatic heterocycles. The summed E-state index contributed by atoms with van der Waals surface area (Å²) < 4.78 is 27.9. The van der Waals surface area contributed by atoms with Gasteiger partial charge in [0.2, 0.25) is 0 Å². The number of benzene rings is 1. The van der Waals surface area contributed by atoms with Crippen molar-refractivity contribution < 1.29 is 8.42 Å². The number of nitrogens with two attached hydrogens (primary N) is 1. The summed E-state index contributed by atoms with van der Waals surface area (Å²) >= 11 is 6.97. The van der Waals surface area contributed by atoms with Crippen LogP contribution in [0.1, 0.15) is 24.1 Å². The van der Waals surface area contributed by atoms with E-state index in [-0.39, 0.29) is 10.3 Å². The molecule has 0 amide bonds. The van der Waals surface area contributed by atoms with E-state index in [2.05, 4.69) is 4.72 Å². The first kappa shape index (κ1) is 15.3. The van der Waals surface area contributed by atoms with Crippen LogP contribution in [0.3, 0.4) is 0 Å². The van der Waals surface area contributed by atoms with Gasteiger partial charge < -0.3 is 5.73 Å². The van der Waals surface area contributed by atoms with E-state index in [1.165, 1.54) is 0 Å². The Kier molecular flexibility index (Phi) is 4.39. The van der Waals surface area contributed by atoms with Gasteiger partial charge in [0.1, 0.15) is 4.21 Å². The Hall–Kier alpha value is -1.08. The Balaban J connectivity index is 2.24. The molecule has 108 valence electrons. The van der Waals surface area contributed by atoms with Gasteiger partial charge in [0.05, 0.1) is 4.34 Å². The molecule has 0 radical (unpaired) electrons. The zero-order valence-corrected chi connectivity index (χ0v) is 13.4. The molecule has 7 heteroatoms. The summed E-state index contributed by atoms with van der Waals surface area (Å²) in [7, 11) is -3.58. The molecule has 1 unspecified atom stereocenters. The van der Waals surface area contributed by atoms with Gasteiger partial charge in [-0.25, -0.2) is 13.1 Å². The molecule has 0 saturated carbocycles. The predicted octanol–water partition coefficient (Wildman–Crippen LogP) is 3.33. The van der Waals surface area contributed by atoms with Crippen LogP contribution in [0.5, 0.6) is 0 Å². The van der Waals surface area contributed by atoms with E-state index in [4.69, 9.17) is 17.3 Å². The first-order valence-electron chi connectivity index (χ1n) is 5.93. The second-order valence-electron chi connectivity index (χ2n) is 4.54. The number of aryl methyl sites for hydroxylation is 1. The molecule has 0 aliphatic rings. The minimum absolute atomic E-state index is 0.218. The van der Waals surface area contributed by atoms with Gasteiger partial charge in [0.15, 0.2) is 0 Å². The first-order chi connectivity index (χ1) is 9.29. The van der Waals surface area contributed by atoms with E-state index in [9.17, 15) is 8.42 Å². The first-order valence-corrected chi connectivity index (χ1v) is 8.61. The van der Waals surface area contributed by atoms with Gasteiger partial charge in [-0.2, -0.15) is 0 Å². The lowest BCUT2D eigenvalue weighted by Gasteiger charge is -2.14. The van der Waals surface area contributed by atoms with Gasteiger partial charge in [0, 0.05) is 11.7 Å². The molecule has 2 aromatic rings. The number of halogens is 1. The van der Waals surface area contributed by atoms with Crippen LogP contribution in [0, 0.1) is 6.92 Å². The second kappa shape index (κ2) is 5.73. The molecule has 0 spiro atoms. The highest BCUT2D eigenvalue weighted by Gasteiger charge is 2.21. The number of sulfonamides is 1. The molecule has 4 nitrogen and oxygen atoms in total. The summed E-state index contributed by atoms with van der Waals surface area (Å²) in [4.78, 5) is 0. The van der Waals surface area contributed by atoms with Crippen molar-refractivity contribution in [3.05, 3.63) is 45.8 Å². The molecular formula is C13H15ClN2O2S2. The number of thiophene rings is 1. The van der Waals surface area contributed by atoms with E-state index in [1.807, 2.05) is 6.07 Å². The molecular weight excluding hydrogens is 316 g/mol. The van der Waals surface area contributed by atoms with Crippen LogP contribution in [0.25, 0.3) is 0 Å². The number of hydrogen-bond donors (Lipinski definition) is 2. The summed E-state index contributed by atoms with van der Waals surface area (Å²) in [6, 6.07) is 8.33. The molecule has 3 N–H and O–H groups in total. The fourth-order valence-corrected chi connectivity index (χ4v) is 4.71. The maximum absolute atomic E-state index is 12.3. The average Bonchev–Trinajstić information content (AvgIpc) is 2.70. The molecule has 0 saturated heterocycles. The van der Waals surface area contributed by atoms with Crippen LogP contribution >= 0.6 is 22.9 Å². The van der Waals surface area contributed by atoms with Crippen LogP contribution in [-0.2, 0) is 10.0 Å². The van der Waals surface area contributed by atoms with Crippen molar-refractivity contribution in [3.8, 4) is 0 Å². The van der Waals surface area contributed by atoms with Gasteiger partial charge in [0.25, 0.3) is 10.0 Å². The maximum Gasteiger partial charge on any atom is 0.250 e. The highest BCUT2D eigenvalue weighted by atomic mass is 35.5. The Bertz CT molecular complexity index is 706. The standard InChI is InChI=1S/C13H15ClN2O2S2/c1-8-6-12(19-13(8)14)20(17,18)16-9(2)10-4-3-5-11(15)7-10/h3-7,9,16H,15H2,1-2H3. The maximum atomic E-state index is 12.3. The molecule has 0 aliphatic heterocycles. The van der Waals surface area contributed by atoms with Crippen LogP contribution in [0.15, 0.2) is 34.5 Å². The SMILES string of the molecule is Cc1cc(S(=O)(=O)NC(C)c2cccc(N)c2)sc1Cl. The Morgan fingerprint density at radius 1 is 1.35 bits per heavy atom. The molecule has 2 rings (SSSR count). The lowest BCUT2D eigenvalue weighted by Crippen LogP contribution is -2.26. The third kappa shape index (κ3) is 3.32. The third-order valence-corrected chi connectivity index (χ3v) is 6.41. The van der Waals surface area contributed by atoms with E-state index >= 15 is 0 Å². The van der Waals surface area contributed by atoms with Gasteiger partial charge in [-0.1, -0.05) is 23.7 Å². The average molecular weight is 331 g/mol. The second-order valence-corrected chi connectivity index (χ2v) is 8.13. The minimum Gasteiger partial charge on any atom is -0.399 e. The topological polar surface area (TPSA) is 72.2 Å². The van der Waals surface area contributed by atoms with Crippen molar-refractivity contribution in [3.63, 3.8) is 0 Å². The van der Waals surface area contributed by atoms with Crippen LogP contribution in [0.2, 0.25) is 4.34 Å². The lowest BCUT2D eigenvalue weighted by atomic mass is 10.1. The molecule has 1 aromatic carbocycles. The molecule has 0 fully saturated rings. The Morgan fingerprint density at radius 2 is 2.05 bits per heavy atom. The van der Waals surface area contributed by atoms with E-state index in [0.29, 0.717) is 10.0 Å². The molecule has 0 bridgehead atoms. The van der Waals surface area contributed by atoms with E-state index in [1.54, 1.807) is 38.1 Å². The number of hydrogen-bond acceptors (Lipinski definition) is 4. The third-order valence-electron chi connectivity index (χ3n) is 2.84. The van der Waals surface area contributed by atoms with Gasteiger partial charge in [-0.15, -0.1) is 11.3 Å². The highest BCUT2D eigenvalue weighted by Crippen LogP contribution is 2.30. The smallest absolute Gasteiger partial charge is 0.250 e. The quantitative estimate of drug-likeness (QED) is 0.844. The summed E-state index contributed by atoms with van der Waals surface area (Å²) in [5, 5.41) is 0. The van der Waals surface area contributed by atoms with Crippen molar-refractivity contribution in [2.45, 2.75) is 24.1 Å². The van der Waals surface area contributed by atoms with Crippen molar-refractivity contribution in [1.82, 2.24) is 4.72 Å². The van der Waals surface area contributed by atoms with Crippen LogP contribution < -0.4 is 10.5 Å². The molecule has 1 heterocycles. The highest BCUT2D eigenvalue weighted by molar-refractivity contribution is 7.91. The van der Waals surface area contributed by atoms with Crippen molar-refractivity contribution in [1.29, 1.82) is 0 Å². The normalized spacial score (nSPS) is 13.3. The molecule has 20 heavy (non-hydrogen) atoms. The number of rotatable bonds is 4. The van der Waals surface area contributed by atoms with Crippen molar-refractivity contribution in [2.24, 2.45) is 0 Å². The summed E-state index contributed by atoms with van der Waals surface area (Å²) in [5.74, 6) is 0. The van der Waals surface area contributed by atoms with Crippen molar-refractivity contribution in [2.75, 3.05) is 5.73 Å². The number of anilines is 1. The largest absolute Gasteiger partial charge is 0.399 e.